The fourth-order valence-electron chi connectivity index (χ4n) is 2.97. The number of halogens is 4. The largest absolute Gasteiger partial charge is 0.471 e. The van der Waals surface area contributed by atoms with E-state index in [0.29, 0.717) is 30.9 Å². The minimum Gasteiger partial charge on any atom is -0.368 e. The smallest absolute Gasteiger partial charge is 0.368 e. The normalized spacial score (nSPS) is 15.6. The predicted molar refractivity (Wildman–Crippen MR) is 91.3 cm³/mol. The van der Waals surface area contributed by atoms with Gasteiger partial charge in [-0.05, 0) is 55.2 Å². The molecule has 9 heteroatoms. The Morgan fingerprint density at radius 3 is 2.30 bits per heavy atom. The van der Waals surface area contributed by atoms with E-state index in [1.54, 1.807) is 24.3 Å². The van der Waals surface area contributed by atoms with Gasteiger partial charge in [0.05, 0.1) is 5.69 Å². The molecule has 144 valence electrons. The van der Waals surface area contributed by atoms with Crippen molar-refractivity contribution >= 4 is 11.7 Å². The second-order valence-corrected chi connectivity index (χ2v) is 6.42. The number of carbonyl (C=O) groups excluding carboxylic acids is 1. The molecule has 0 spiro atoms. The Morgan fingerprint density at radius 1 is 1.07 bits per heavy atom. The lowest BCUT2D eigenvalue weighted by Crippen LogP contribution is -2.46. The number of rotatable bonds is 4. The Labute approximate surface area is 153 Å². The van der Waals surface area contributed by atoms with Crippen LogP contribution in [0.4, 0.5) is 23.4 Å². The number of likely N-dealkylation sites (tertiary alicyclic amines) is 1. The molecule has 1 N–H and O–H groups in total. The first-order valence-corrected chi connectivity index (χ1v) is 8.52. The molecule has 0 unspecified atom stereocenters. The minimum atomic E-state index is -4.81. The average molecular weight is 382 g/mol. The molecule has 2 heterocycles. The highest BCUT2D eigenvalue weighted by Crippen LogP contribution is 2.24. The first-order chi connectivity index (χ1) is 12.8. The summed E-state index contributed by atoms with van der Waals surface area (Å²) < 4.78 is 50.3. The second-order valence-electron chi connectivity index (χ2n) is 6.42. The van der Waals surface area contributed by atoms with Crippen LogP contribution in [0, 0.1) is 11.7 Å². The van der Waals surface area contributed by atoms with Crippen LogP contribution in [-0.2, 0) is 4.79 Å². The van der Waals surface area contributed by atoms with E-state index in [4.69, 9.17) is 0 Å². The molecule has 1 aromatic carbocycles. The Bertz CT molecular complexity index is 769. The molecule has 1 saturated heterocycles. The molecule has 1 amide bonds. The molecule has 1 aliphatic rings. The van der Waals surface area contributed by atoms with Crippen molar-refractivity contribution in [1.29, 1.82) is 0 Å². The molecule has 1 aromatic heterocycles. The zero-order chi connectivity index (χ0) is 19.4. The van der Waals surface area contributed by atoms with Gasteiger partial charge in [-0.25, -0.2) is 4.39 Å². The first kappa shape index (κ1) is 19.1. The molecule has 0 radical (unpaired) electrons. The van der Waals surface area contributed by atoms with E-state index in [0.717, 1.165) is 10.5 Å². The van der Waals surface area contributed by atoms with Gasteiger partial charge in [-0.3, -0.25) is 4.79 Å². The van der Waals surface area contributed by atoms with Crippen LogP contribution in [0.5, 0.6) is 0 Å². The molecular formula is C18H18F4N4O. The molecule has 0 aliphatic carbocycles. The third kappa shape index (κ3) is 4.93. The van der Waals surface area contributed by atoms with Crippen LogP contribution >= 0.6 is 0 Å². The van der Waals surface area contributed by atoms with Gasteiger partial charge in [-0.2, -0.15) is 13.2 Å². The highest BCUT2D eigenvalue weighted by atomic mass is 19.4. The molecule has 3 rings (SSSR count). The molecule has 1 aliphatic heterocycles. The van der Waals surface area contributed by atoms with Gasteiger partial charge in [0.1, 0.15) is 11.6 Å². The monoisotopic (exact) mass is 382 g/mol. The van der Waals surface area contributed by atoms with Crippen LogP contribution in [-0.4, -0.2) is 46.8 Å². The van der Waals surface area contributed by atoms with Crippen molar-refractivity contribution in [1.82, 2.24) is 15.1 Å². The number of piperidine rings is 1. The van der Waals surface area contributed by atoms with Crippen LogP contribution < -0.4 is 5.32 Å². The van der Waals surface area contributed by atoms with Crippen LogP contribution in [0.3, 0.4) is 0 Å². The zero-order valence-corrected chi connectivity index (χ0v) is 14.3. The van der Waals surface area contributed by atoms with Gasteiger partial charge in [0.15, 0.2) is 0 Å². The van der Waals surface area contributed by atoms with E-state index in [-0.39, 0.29) is 24.8 Å². The summed E-state index contributed by atoms with van der Waals surface area (Å²) in [6.07, 6.45) is -3.82. The summed E-state index contributed by atoms with van der Waals surface area (Å²) in [4.78, 5) is 12.1. The maximum Gasteiger partial charge on any atom is 0.471 e. The standard InChI is InChI=1S/C18H18F4N4O/c19-14-3-1-13(2-4-14)15-5-6-16(25-24-15)23-11-12-7-9-26(10-8-12)17(27)18(20,21)22/h1-6,12H,7-11H2,(H,23,25). The third-order valence-corrected chi connectivity index (χ3v) is 4.52. The number of benzene rings is 1. The van der Waals surface area contributed by atoms with Crippen LogP contribution in [0.15, 0.2) is 36.4 Å². The van der Waals surface area contributed by atoms with Crippen molar-refractivity contribution in [2.75, 3.05) is 25.0 Å². The second kappa shape index (κ2) is 7.89. The molecule has 0 saturated carbocycles. The van der Waals surface area contributed by atoms with Gasteiger partial charge < -0.3 is 10.2 Å². The number of hydrogen-bond donors (Lipinski definition) is 1. The van der Waals surface area contributed by atoms with E-state index >= 15 is 0 Å². The highest BCUT2D eigenvalue weighted by Gasteiger charge is 2.43. The van der Waals surface area contributed by atoms with Gasteiger partial charge in [0.2, 0.25) is 0 Å². The topological polar surface area (TPSA) is 58.1 Å². The van der Waals surface area contributed by atoms with Gasteiger partial charge >= 0.3 is 12.1 Å². The van der Waals surface area contributed by atoms with Crippen molar-refractivity contribution in [3.8, 4) is 11.3 Å². The first-order valence-electron chi connectivity index (χ1n) is 8.52. The van der Waals surface area contributed by atoms with Crippen LogP contribution in [0.2, 0.25) is 0 Å². The van der Waals surface area contributed by atoms with Crippen molar-refractivity contribution in [2.24, 2.45) is 5.92 Å². The number of anilines is 1. The maximum absolute atomic E-state index is 12.9. The summed E-state index contributed by atoms with van der Waals surface area (Å²) in [5.74, 6) is -1.39. The zero-order valence-electron chi connectivity index (χ0n) is 14.3. The van der Waals surface area contributed by atoms with Gasteiger partial charge in [0.25, 0.3) is 0 Å². The van der Waals surface area contributed by atoms with E-state index < -0.39 is 12.1 Å². The number of amides is 1. The van der Waals surface area contributed by atoms with Crippen molar-refractivity contribution in [3.63, 3.8) is 0 Å². The van der Waals surface area contributed by atoms with Crippen LogP contribution in [0.25, 0.3) is 11.3 Å². The molecule has 27 heavy (non-hydrogen) atoms. The number of nitrogens with one attached hydrogen (secondary N) is 1. The van der Waals surface area contributed by atoms with Crippen LogP contribution in [0.1, 0.15) is 12.8 Å². The van der Waals surface area contributed by atoms with Gasteiger partial charge in [-0.1, -0.05) is 0 Å². The molecule has 0 bridgehead atoms. The van der Waals surface area contributed by atoms with Crippen molar-refractivity contribution in [3.05, 3.63) is 42.2 Å². The number of aromatic nitrogens is 2. The van der Waals surface area contributed by atoms with Gasteiger partial charge in [-0.15, -0.1) is 10.2 Å². The number of carbonyl (C=O) groups is 1. The number of nitrogens with zero attached hydrogens (tertiary/aromatic N) is 3. The summed E-state index contributed by atoms with van der Waals surface area (Å²) >= 11 is 0. The summed E-state index contributed by atoms with van der Waals surface area (Å²) in [5, 5.41) is 11.3. The minimum absolute atomic E-state index is 0.0971. The van der Waals surface area contributed by atoms with E-state index in [9.17, 15) is 22.4 Å². The average Bonchev–Trinajstić information content (AvgIpc) is 2.66. The van der Waals surface area contributed by atoms with Crippen molar-refractivity contribution in [2.45, 2.75) is 19.0 Å². The lowest BCUT2D eigenvalue weighted by Gasteiger charge is -2.32. The Kier molecular flexibility index (Phi) is 5.57. The quantitative estimate of drug-likeness (QED) is 0.823. The molecular weight excluding hydrogens is 364 g/mol. The fraction of sp³-hybridized carbons (Fsp3) is 0.389. The third-order valence-electron chi connectivity index (χ3n) is 4.52. The molecule has 1 fully saturated rings. The van der Waals surface area contributed by atoms with E-state index in [1.165, 1.54) is 12.1 Å². The Hall–Kier alpha value is -2.71. The summed E-state index contributed by atoms with van der Waals surface area (Å²) in [6.45, 7) is 0.734. The van der Waals surface area contributed by atoms with Crippen molar-refractivity contribution < 1.29 is 22.4 Å². The lowest BCUT2D eigenvalue weighted by molar-refractivity contribution is -0.186. The maximum atomic E-state index is 12.9. The molecule has 2 aromatic rings. The predicted octanol–water partition coefficient (Wildman–Crippen LogP) is 3.50. The van der Waals surface area contributed by atoms with E-state index in [1.807, 2.05) is 0 Å². The molecule has 0 atom stereocenters. The summed E-state index contributed by atoms with van der Waals surface area (Å²) in [7, 11) is 0. The van der Waals surface area contributed by atoms with E-state index in [2.05, 4.69) is 15.5 Å². The highest BCUT2D eigenvalue weighted by molar-refractivity contribution is 5.81. The number of alkyl halides is 3. The molecule has 5 nitrogen and oxygen atoms in total. The summed E-state index contributed by atoms with van der Waals surface area (Å²) in [5.41, 5.74) is 1.36. The Morgan fingerprint density at radius 2 is 1.74 bits per heavy atom. The fourth-order valence-corrected chi connectivity index (χ4v) is 2.97. The summed E-state index contributed by atoms with van der Waals surface area (Å²) in [6, 6.07) is 9.42. The lowest BCUT2D eigenvalue weighted by atomic mass is 9.96. The van der Waals surface area contributed by atoms with Gasteiger partial charge in [0, 0.05) is 25.2 Å². The number of hydrogen-bond acceptors (Lipinski definition) is 4. The Balaban J connectivity index is 1.48. The SMILES string of the molecule is O=C(N1CCC(CNc2ccc(-c3ccc(F)cc3)nn2)CC1)C(F)(F)F.